The molecule has 2 rings (SSSR count). The van der Waals surface area contributed by atoms with Crippen LogP contribution in [0.3, 0.4) is 0 Å². The number of ether oxygens (including phenoxy) is 2. The van der Waals surface area contributed by atoms with E-state index in [2.05, 4.69) is 15.4 Å². The maximum atomic E-state index is 12.6. The summed E-state index contributed by atoms with van der Waals surface area (Å²) in [4.78, 5) is 35.9. The molecule has 1 atom stereocenters. The number of carbonyl (C=O) groups excluding carboxylic acids is 3. The molecule has 0 bridgehead atoms. The smallest absolute Gasteiger partial charge is 0.338 e. The number of hydrogen-bond acceptors (Lipinski definition) is 7. The van der Waals surface area contributed by atoms with E-state index in [1.54, 1.807) is 43.3 Å². The zero-order chi connectivity index (χ0) is 25.8. The van der Waals surface area contributed by atoms with Crippen molar-refractivity contribution in [3.8, 4) is 0 Å². The number of nitrogens with one attached hydrogen (secondary N) is 3. The highest BCUT2D eigenvalue weighted by molar-refractivity contribution is 7.89. The van der Waals surface area contributed by atoms with Crippen LogP contribution in [0.1, 0.15) is 42.1 Å². The van der Waals surface area contributed by atoms with Gasteiger partial charge in [-0.1, -0.05) is 17.7 Å². The molecule has 1 unspecified atom stereocenters. The van der Waals surface area contributed by atoms with Crippen molar-refractivity contribution >= 4 is 33.7 Å². The molecule has 0 fully saturated rings. The summed E-state index contributed by atoms with van der Waals surface area (Å²) in [5.41, 5.74) is 1.81. The Balaban J connectivity index is 1.79. The zero-order valence-electron chi connectivity index (χ0n) is 20.0. The molecule has 10 nitrogen and oxygen atoms in total. The molecule has 2 amide bonds. The predicted molar refractivity (Wildman–Crippen MR) is 131 cm³/mol. The van der Waals surface area contributed by atoms with Gasteiger partial charge in [0.25, 0.3) is 0 Å². The minimum Gasteiger partial charge on any atom is -0.468 e. The van der Waals surface area contributed by atoms with Gasteiger partial charge >= 0.3 is 18.0 Å². The molecule has 0 spiro atoms. The highest BCUT2D eigenvalue weighted by Gasteiger charge is 2.26. The van der Waals surface area contributed by atoms with Crippen molar-refractivity contribution in [1.82, 2.24) is 10.0 Å². The molecular formula is C24H31N3O7S. The quantitative estimate of drug-likeness (QED) is 0.298. The van der Waals surface area contributed by atoms with E-state index in [1.807, 2.05) is 6.92 Å². The molecule has 190 valence electrons. The van der Waals surface area contributed by atoms with Crippen molar-refractivity contribution in [1.29, 1.82) is 0 Å². The van der Waals surface area contributed by atoms with Crippen LogP contribution in [0.15, 0.2) is 53.4 Å². The van der Waals surface area contributed by atoms with E-state index in [0.717, 1.165) is 5.56 Å². The number of anilines is 1. The largest absolute Gasteiger partial charge is 0.468 e. The number of methoxy groups -OCH3 is 1. The average Bonchev–Trinajstić information content (AvgIpc) is 2.83. The van der Waals surface area contributed by atoms with E-state index in [0.29, 0.717) is 30.6 Å². The minimum absolute atomic E-state index is 0.0608. The molecule has 0 heterocycles. The molecular weight excluding hydrogens is 474 g/mol. The van der Waals surface area contributed by atoms with Crippen LogP contribution in [0.4, 0.5) is 10.5 Å². The summed E-state index contributed by atoms with van der Waals surface area (Å²) < 4.78 is 37.3. The average molecular weight is 506 g/mol. The van der Waals surface area contributed by atoms with Crippen LogP contribution in [-0.2, 0) is 24.3 Å². The lowest BCUT2D eigenvalue weighted by atomic mass is 10.1. The van der Waals surface area contributed by atoms with Crippen molar-refractivity contribution in [3.63, 3.8) is 0 Å². The van der Waals surface area contributed by atoms with Crippen molar-refractivity contribution < 1.29 is 32.3 Å². The van der Waals surface area contributed by atoms with Gasteiger partial charge in [-0.3, -0.25) is 4.79 Å². The second-order valence-corrected chi connectivity index (χ2v) is 9.40. The van der Waals surface area contributed by atoms with Crippen LogP contribution in [0.2, 0.25) is 0 Å². The SMILES string of the molecule is CCOC(=O)c1ccc(NC(=O)NCCCCC(NS(=O)(=O)c2ccc(C)cc2)C(=O)OC)cc1. The van der Waals surface area contributed by atoms with E-state index in [-0.39, 0.29) is 17.9 Å². The number of carbonyl (C=O) groups is 3. The number of amides is 2. The number of benzene rings is 2. The highest BCUT2D eigenvalue weighted by atomic mass is 32.2. The molecule has 0 radical (unpaired) electrons. The van der Waals surface area contributed by atoms with Gasteiger partial charge in [0, 0.05) is 12.2 Å². The highest BCUT2D eigenvalue weighted by Crippen LogP contribution is 2.13. The van der Waals surface area contributed by atoms with Crippen LogP contribution in [0.5, 0.6) is 0 Å². The molecule has 0 saturated carbocycles. The summed E-state index contributed by atoms with van der Waals surface area (Å²) in [6.07, 6.45) is 1.18. The molecule has 35 heavy (non-hydrogen) atoms. The molecule has 2 aromatic carbocycles. The van der Waals surface area contributed by atoms with E-state index in [4.69, 9.17) is 9.47 Å². The Morgan fingerprint density at radius 2 is 1.63 bits per heavy atom. The van der Waals surface area contributed by atoms with Gasteiger partial charge in [0.05, 0.1) is 24.2 Å². The first-order valence-corrected chi connectivity index (χ1v) is 12.6. The van der Waals surface area contributed by atoms with Crippen LogP contribution in [0, 0.1) is 6.92 Å². The number of rotatable bonds is 12. The molecule has 0 aromatic heterocycles. The Kier molecular flexibility index (Phi) is 10.7. The standard InChI is InChI=1S/C24H31N3O7S/c1-4-34-22(28)18-10-12-19(13-11-18)26-24(30)25-16-6-5-7-21(23(29)33-3)27-35(31,32)20-14-8-17(2)9-15-20/h8-15,21,27H,4-7,16H2,1-3H3,(H2,25,26,30). The second kappa shape index (κ2) is 13.4. The van der Waals surface area contributed by atoms with Crippen LogP contribution in [0.25, 0.3) is 0 Å². The third kappa shape index (κ3) is 9.02. The van der Waals surface area contributed by atoms with E-state index in [1.165, 1.54) is 19.2 Å². The molecule has 2 aromatic rings. The number of unbranched alkanes of at least 4 members (excludes halogenated alkanes) is 1. The van der Waals surface area contributed by atoms with Gasteiger partial charge in [0.1, 0.15) is 6.04 Å². The third-order valence-corrected chi connectivity index (χ3v) is 6.46. The van der Waals surface area contributed by atoms with Gasteiger partial charge in [-0.15, -0.1) is 0 Å². The lowest BCUT2D eigenvalue weighted by Crippen LogP contribution is -2.41. The molecule has 0 aliphatic rings. The van der Waals surface area contributed by atoms with E-state index in [9.17, 15) is 22.8 Å². The molecule has 0 aliphatic heterocycles. The summed E-state index contributed by atoms with van der Waals surface area (Å²) in [5.74, 6) is -1.12. The van der Waals surface area contributed by atoms with Gasteiger partial charge in [-0.2, -0.15) is 4.72 Å². The third-order valence-electron chi connectivity index (χ3n) is 4.97. The zero-order valence-corrected chi connectivity index (χ0v) is 20.8. The Morgan fingerprint density at radius 3 is 2.23 bits per heavy atom. The maximum Gasteiger partial charge on any atom is 0.338 e. The summed E-state index contributed by atoms with van der Waals surface area (Å²) >= 11 is 0. The Labute approximate surface area is 205 Å². The van der Waals surface area contributed by atoms with Crippen molar-refractivity contribution in [2.24, 2.45) is 0 Å². The predicted octanol–water partition coefficient (Wildman–Crippen LogP) is 2.98. The minimum atomic E-state index is -3.89. The fraction of sp³-hybridized carbons (Fsp3) is 0.375. The first kappa shape index (κ1) is 27.8. The Morgan fingerprint density at radius 1 is 0.971 bits per heavy atom. The normalized spacial score (nSPS) is 11.9. The van der Waals surface area contributed by atoms with Gasteiger partial charge in [0.2, 0.25) is 10.0 Å². The number of hydrogen-bond donors (Lipinski definition) is 3. The first-order chi connectivity index (χ1) is 16.7. The molecule has 11 heteroatoms. The summed E-state index contributed by atoms with van der Waals surface area (Å²) in [7, 11) is -2.70. The Hall–Kier alpha value is -3.44. The first-order valence-electron chi connectivity index (χ1n) is 11.1. The summed E-state index contributed by atoms with van der Waals surface area (Å²) in [6.45, 7) is 4.15. The van der Waals surface area contributed by atoms with Gasteiger partial charge in [0.15, 0.2) is 0 Å². The lowest BCUT2D eigenvalue weighted by molar-refractivity contribution is -0.142. The molecule has 0 saturated heterocycles. The number of urea groups is 1. The van der Waals surface area contributed by atoms with Crippen LogP contribution >= 0.6 is 0 Å². The number of aryl methyl sites for hydroxylation is 1. The monoisotopic (exact) mass is 505 g/mol. The van der Waals surface area contributed by atoms with Crippen LogP contribution < -0.4 is 15.4 Å². The van der Waals surface area contributed by atoms with Crippen molar-refractivity contribution in [2.75, 3.05) is 25.6 Å². The van der Waals surface area contributed by atoms with E-state index >= 15 is 0 Å². The van der Waals surface area contributed by atoms with Gasteiger partial charge < -0.3 is 20.1 Å². The molecule has 3 N–H and O–H groups in total. The topological polar surface area (TPSA) is 140 Å². The number of esters is 2. The maximum absolute atomic E-state index is 12.6. The fourth-order valence-corrected chi connectivity index (χ4v) is 4.31. The Bertz CT molecular complexity index is 1100. The summed E-state index contributed by atoms with van der Waals surface area (Å²) in [5, 5.41) is 5.34. The van der Waals surface area contributed by atoms with Gasteiger partial charge in [-0.05, 0) is 69.5 Å². The van der Waals surface area contributed by atoms with Crippen LogP contribution in [-0.4, -0.2) is 52.7 Å². The van der Waals surface area contributed by atoms with E-state index < -0.39 is 34.0 Å². The lowest BCUT2D eigenvalue weighted by Gasteiger charge is -2.17. The summed E-state index contributed by atoms with van der Waals surface area (Å²) in [6, 6.07) is 11.1. The molecule has 0 aliphatic carbocycles. The fourth-order valence-electron chi connectivity index (χ4n) is 3.09. The van der Waals surface area contributed by atoms with Gasteiger partial charge in [-0.25, -0.2) is 18.0 Å². The number of sulfonamides is 1. The second-order valence-electron chi connectivity index (χ2n) is 7.68. The van der Waals surface area contributed by atoms with Crippen molar-refractivity contribution in [3.05, 3.63) is 59.7 Å². The van der Waals surface area contributed by atoms with Crippen molar-refractivity contribution in [2.45, 2.75) is 44.0 Å².